The van der Waals surface area contributed by atoms with E-state index in [-0.39, 0.29) is 6.54 Å². The van der Waals surface area contributed by atoms with Gasteiger partial charge in [0.05, 0.1) is 13.2 Å². The first-order valence-electron chi connectivity index (χ1n) is 6.05. The summed E-state index contributed by atoms with van der Waals surface area (Å²) in [7, 11) is 0. The third kappa shape index (κ3) is 6.84. The zero-order valence-electron chi connectivity index (χ0n) is 10.7. The van der Waals surface area contributed by atoms with Crippen molar-refractivity contribution >= 4 is 17.6 Å². The summed E-state index contributed by atoms with van der Waals surface area (Å²) in [5.41, 5.74) is 0. The molecule has 1 aromatic carbocycles. The number of halogens is 1. The second-order valence-electron chi connectivity index (χ2n) is 4.07. The molecule has 0 aromatic heterocycles. The molecule has 104 valence electrons. The van der Waals surface area contributed by atoms with Gasteiger partial charge in [0.2, 0.25) is 0 Å². The molecule has 1 N–H and O–H groups in total. The fourth-order valence-electron chi connectivity index (χ4n) is 1.62. The molecule has 0 bridgehead atoms. The van der Waals surface area contributed by atoms with Crippen LogP contribution >= 0.6 is 11.6 Å². The van der Waals surface area contributed by atoms with Crippen molar-refractivity contribution in [3.8, 4) is 5.75 Å². The highest BCUT2D eigenvalue weighted by atomic mass is 35.5. The molecule has 0 radical (unpaired) electrons. The molecule has 0 spiro atoms. The molecule has 19 heavy (non-hydrogen) atoms. The van der Waals surface area contributed by atoms with Crippen LogP contribution in [0.1, 0.15) is 6.42 Å². The van der Waals surface area contributed by atoms with E-state index in [1.54, 1.807) is 35.2 Å². The summed E-state index contributed by atoms with van der Waals surface area (Å²) in [6.45, 7) is 5.39. The molecule has 4 nitrogen and oxygen atoms in total. The maximum absolute atomic E-state index is 10.7. The minimum Gasteiger partial charge on any atom is -0.494 e. The second kappa shape index (κ2) is 8.56. The number of ether oxygens (including phenoxy) is 1. The molecular formula is C14H18ClNO3. The molecule has 0 amide bonds. The Balaban J connectivity index is 2.26. The van der Waals surface area contributed by atoms with Gasteiger partial charge in [-0.25, -0.2) is 0 Å². The van der Waals surface area contributed by atoms with Crippen molar-refractivity contribution in [2.45, 2.75) is 6.42 Å². The van der Waals surface area contributed by atoms with Gasteiger partial charge in [-0.1, -0.05) is 17.7 Å². The summed E-state index contributed by atoms with van der Waals surface area (Å²) in [5.74, 6) is -0.0709. The number of nitrogens with zero attached hydrogens (tertiary/aromatic N) is 1. The SMILES string of the molecule is C=CCN(CCCOc1ccc(Cl)cc1)CC(=O)O. The van der Waals surface area contributed by atoms with Crippen LogP contribution in [0.3, 0.4) is 0 Å². The van der Waals surface area contributed by atoms with Crippen LogP contribution in [0.4, 0.5) is 0 Å². The topological polar surface area (TPSA) is 49.8 Å². The zero-order chi connectivity index (χ0) is 14.1. The molecule has 0 unspecified atom stereocenters. The largest absolute Gasteiger partial charge is 0.494 e. The Morgan fingerprint density at radius 2 is 2.11 bits per heavy atom. The van der Waals surface area contributed by atoms with Crippen LogP contribution in [0.25, 0.3) is 0 Å². The Kier molecular flexibility index (Phi) is 7.00. The van der Waals surface area contributed by atoms with Gasteiger partial charge in [-0.15, -0.1) is 6.58 Å². The van der Waals surface area contributed by atoms with Crippen molar-refractivity contribution in [2.75, 3.05) is 26.2 Å². The standard InChI is InChI=1S/C14H18ClNO3/c1-2-8-16(11-14(17)18)9-3-10-19-13-6-4-12(15)5-7-13/h2,4-7H,1,3,8-11H2,(H,17,18). The maximum atomic E-state index is 10.7. The molecule has 0 aliphatic rings. The summed E-state index contributed by atoms with van der Waals surface area (Å²) >= 11 is 5.77. The Hall–Kier alpha value is -1.52. The smallest absolute Gasteiger partial charge is 0.317 e. The number of benzene rings is 1. The van der Waals surface area contributed by atoms with Gasteiger partial charge in [0.1, 0.15) is 5.75 Å². The lowest BCUT2D eigenvalue weighted by atomic mass is 10.3. The van der Waals surface area contributed by atoms with Gasteiger partial charge in [-0.3, -0.25) is 9.69 Å². The second-order valence-corrected chi connectivity index (χ2v) is 4.51. The van der Waals surface area contributed by atoms with Crippen LogP contribution in [0, 0.1) is 0 Å². The van der Waals surface area contributed by atoms with Crippen molar-refractivity contribution < 1.29 is 14.6 Å². The van der Waals surface area contributed by atoms with E-state index < -0.39 is 5.97 Å². The number of hydrogen-bond acceptors (Lipinski definition) is 3. The molecule has 0 heterocycles. The maximum Gasteiger partial charge on any atom is 0.317 e. The molecule has 5 heteroatoms. The van der Waals surface area contributed by atoms with Crippen molar-refractivity contribution in [1.82, 2.24) is 4.90 Å². The van der Waals surface area contributed by atoms with Crippen LogP contribution < -0.4 is 4.74 Å². The lowest BCUT2D eigenvalue weighted by molar-refractivity contribution is -0.138. The minimum atomic E-state index is -0.833. The molecule has 0 aliphatic heterocycles. The van der Waals surface area contributed by atoms with E-state index in [1.165, 1.54) is 0 Å². The summed E-state index contributed by atoms with van der Waals surface area (Å²) in [4.78, 5) is 12.5. The van der Waals surface area contributed by atoms with Gasteiger partial charge in [0.25, 0.3) is 0 Å². The number of carbonyl (C=O) groups is 1. The quantitative estimate of drug-likeness (QED) is 0.559. The monoisotopic (exact) mass is 283 g/mol. The average Bonchev–Trinajstić information content (AvgIpc) is 2.36. The normalized spacial score (nSPS) is 10.4. The fraction of sp³-hybridized carbons (Fsp3) is 0.357. The Morgan fingerprint density at radius 3 is 2.68 bits per heavy atom. The minimum absolute atomic E-state index is 0.0208. The van der Waals surface area contributed by atoms with Crippen LogP contribution in [0.15, 0.2) is 36.9 Å². The first-order valence-corrected chi connectivity index (χ1v) is 6.43. The van der Waals surface area contributed by atoms with Crippen molar-refractivity contribution in [2.24, 2.45) is 0 Å². The molecule has 0 atom stereocenters. The van der Waals surface area contributed by atoms with Gasteiger partial charge in [0, 0.05) is 18.1 Å². The van der Waals surface area contributed by atoms with Gasteiger partial charge in [0.15, 0.2) is 0 Å². The van der Waals surface area contributed by atoms with E-state index in [0.717, 1.165) is 12.2 Å². The zero-order valence-corrected chi connectivity index (χ0v) is 11.5. The lowest BCUT2D eigenvalue weighted by Gasteiger charge is -2.18. The highest BCUT2D eigenvalue weighted by Gasteiger charge is 2.07. The summed E-state index contributed by atoms with van der Waals surface area (Å²) in [6, 6.07) is 7.15. The van der Waals surface area contributed by atoms with E-state index in [1.807, 2.05) is 0 Å². The molecule has 1 aromatic rings. The third-order valence-corrected chi connectivity index (χ3v) is 2.70. The van der Waals surface area contributed by atoms with Gasteiger partial charge in [-0.05, 0) is 30.7 Å². The van der Waals surface area contributed by atoms with Crippen molar-refractivity contribution in [3.05, 3.63) is 41.9 Å². The highest BCUT2D eigenvalue weighted by molar-refractivity contribution is 6.30. The van der Waals surface area contributed by atoms with Crippen LogP contribution in [-0.4, -0.2) is 42.2 Å². The van der Waals surface area contributed by atoms with Gasteiger partial charge >= 0.3 is 5.97 Å². The molecule has 0 aliphatic carbocycles. The van der Waals surface area contributed by atoms with E-state index >= 15 is 0 Å². The average molecular weight is 284 g/mol. The number of carboxylic acids is 1. The van der Waals surface area contributed by atoms with Crippen LogP contribution in [0.2, 0.25) is 5.02 Å². The van der Waals surface area contributed by atoms with Gasteiger partial charge < -0.3 is 9.84 Å². The molecule has 0 saturated carbocycles. The predicted molar refractivity (Wildman–Crippen MR) is 75.8 cm³/mol. The Morgan fingerprint density at radius 1 is 1.42 bits per heavy atom. The highest BCUT2D eigenvalue weighted by Crippen LogP contribution is 2.15. The first-order chi connectivity index (χ1) is 9.11. The molecule has 0 saturated heterocycles. The molecule has 1 rings (SSSR count). The fourth-order valence-corrected chi connectivity index (χ4v) is 1.74. The summed E-state index contributed by atoms with van der Waals surface area (Å²) in [6.07, 6.45) is 2.45. The summed E-state index contributed by atoms with van der Waals surface area (Å²) in [5, 5.41) is 9.42. The van der Waals surface area contributed by atoms with Crippen LogP contribution in [-0.2, 0) is 4.79 Å². The van der Waals surface area contributed by atoms with Crippen molar-refractivity contribution in [3.63, 3.8) is 0 Å². The number of aliphatic carboxylic acids is 1. The number of carboxylic acid groups (broad SMARTS) is 1. The summed E-state index contributed by atoms with van der Waals surface area (Å²) < 4.78 is 5.54. The number of rotatable bonds is 9. The van der Waals surface area contributed by atoms with E-state index in [0.29, 0.717) is 24.7 Å². The Bertz CT molecular complexity index is 406. The number of hydrogen-bond donors (Lipinski definition) is 1. The molecular weight excluding hydrogens is 266 g/mol. The van der Waals surface area contributed by atoms with Crippen molar-refractivity contribution in [1.29, 1.82) is 0 Å². The van der Waals surface area contributed by atoms with E-state index in [4.69, 9.17) is 21.4 Å². The van der Waals surface area contributed by atoms with E-state index in [2.05, 4.69) is 6.58 Å². The molecule has 0 fully saturated rings. The van der Waals surface area contributed by atoms with Crippen LogP contribution in [0.5, 0.6) is 5.75 Å². The lowest BCUT2D eigenvalue weighted by Crippen LogP contribution is -2.31. The Labute approximate surface area is 118 Å². The first kappa shape index (κ1) is 15.5. The van der Waals surface area contributed by atoms with E-state index in [9.17, 15) is 4.79 Å². The third-order valence-electron chi connectivity index (χ3n) is 2.45. The van der Waals surface area contributed by atoms with Gasteiger partial charge in [-0.2, -0.15) is 0 Å². The predicted octanol–water partition coefficient (Wildman–Crippen LogP) is 2.68.